The minimum absolute atomic E-state index is 0.101. The SMILES string of the molecule is CCOc1ccc(CC(=O)NCCn2nc(-c3ccccc3)ccc2=O)cc1. The summed E-state index contributed by atoms with van der Waals surface area (Å²) < 4.78 is 6.77. The number of carbonyl (C=O) groups is 1. The molecule has 0 radical (unpaired) electrons. The second-order valence-electron chi connectivity index (χ2n) is 6.25. The molecule has 144 valence electrons. The standard InChI is InChI=1S/C22H23N3O3/c1-2-28-19-10-8-17(9-11-19)16-21(26)23-14-15-25-22(27)13-12-20(24-25)18-6-4-3-5-7-18/h3-13H,2,14-16H2,1H3,(H,23,26). The Labute approximate surface area is 163 Å². The molecule has 0 unspecified atom stereocenters. The third-order valence-electron chi connectivity index (χ3n) is 4.18. The molecule has 0 saturated carbocycles. The average Bonchev–Trinajstić information content (AvgIpc) is 2.72. The molecule has 3 aromatic rings. The van der Waals surface area contributed by atoms with Crippen molar-refractivity contribution in [3.63, 3.8) is 0 Å². The number of nitrogens with one attached hydrogen (secondary N) is 1. The quantitative estimate of drug-likeness (QED) is 0.655. The van der Waals surface area contributed by atoms with Crippen LogP contribution in [0.1, 0.15) is 12.5 Å². The maximum Gasteiger partial charge on any atom is 0.266 e. The predicted molar refractivity (Wildman–Crippen MR) is 108 cm³/mol. The fraction of sp³-hybridized carbons (Fsp3) is 0.227. The van der Waals surface area contributed by atoms with Crippen molar-refractivity contribution >= 4 is 5.91 Å². The number of rotatable bonds is 8. The van der Waals surface area contributed by atoms with Crippen LogP contribution in [0.15, 0.2) is 71.5 Å². The van der Waals surface area contributed by atoms with Crippen molar-refractivity contribution in [3.8, 4) is 17.0 Å². The van der Waals surface area contributed by atoms with Gasteiger partial charge in [-0.3, -0.25) is 9.59 Å². The van der Waals surface area contributed by atoms with Crippen LogP contribution < -0.4 is 15.6 Å². The van der Waals surface area contributed by atoms with Crippen LogP contribution in [0.5, 0.6) is 5.75 Å². The number of hydrogen-bond donors (Lipinski definition) is 1. The molecule has 0 aliphatic rings. The summed E-state index contributed by atoms with van der Waals surface area (Å²) >= 11 is 0. The second-order valence-corrected chi connectivity index (χ2v) is 6.25. The first-order valence-electron chi connectivity index (χ1n) is 9.27. The molecule has 0 fully saturated rings. The minimum Gasteiger partial charge on any atom is -0.494 e. The molecule has 0 bridgehead atoms. The van der Waals surface area contributed by atoms with Gasteiger partial charge in [0.1, 0.15) is 5.75 Å². The first kappa shape index (κ1) is 19.4. The minimum atomic E-state index is -0.194. The molecular formula is C22H23N3O3. The highest BCUT2D eigenvalue weighted by Crippen LogP contribution is 2.14. The highest BCUT2D eigenvalue weighted by atomic mass is 16.5. The van der Waals surface area contributed by atoms with Gasteiger partial charge >= 0.3 is 0 Å². The molecule has 6 nitrogen and oxygen atoms in total. The van der Waals surface area contributed by atoms with Crippen molar-refractivity contribution in [3.05, 3.63) is 82.6 Å². The zero-order valence-corrected chi connectivity index (χ0v) is 15.8. The van der Waals surface area contributed by atoms with Gasteiger partial charge in [-0.05, 0) is 30.7 Å². The summed E-state index contributed by atoms with van der Waals surface area (Å²) in [6.07, 6.45) is 0.277. The Bertz CT molecular complexity index is 966. The highest BCUT2D eigenvalue weighted by Gasteiger charge is 2.06. The van der Waals surface area contributed by atoms with Gasteiger partial charge in [-0.15, -0.1) is 0 Å². The molecule has 1 aromatic heterocycles. The largest absolute Gasteiger partial charge is 0.494 e. The first-order chi connectivity index (χ1) is 13.7. The van der Waals surface area contributed by atoms with Crippen molar-refractivity contribution in [2.24, 2.45) is 0 Å². The predicted octanol–water partition coefficient (Wildman–Crippen LogP) is 2.67. The van der Waals surface area contributed by atoms with Gasteiger partial charge < -0.3 is 10.1 Å². The van der Waals surface area contributed by atoms with Crippen LogP contribution in [0.3, 0.4) is 0 Å². The van der Waals surface area contributed by atoms with Gasteiger partial charge in [-0.2, -0.15) is 5.10 Å². The Morgan fingerprint density at radius 1 is 1.04 bits per heavy atom. The van der Waals surface area contributed by atoms with Crippen LogP contribution in [-0.2, 0) is 17.8 Å². The van der Waals surface area contributed by atoms with E-state index in [0.717, 1.165) is 22.6 Å². The summed E-state index contributed by atoms with van der Waals surface area (Å²) in [5.41, 5.74) is 2.37. The zero-order chi connectivity index (χ0) is 19.8. The molecule has 3 rings (SSSR count). The van der Waals surface area contributed by atoms with E-state index >= 15 is 0 Å². The number of carbonyl (C=O) groups excluding carboxylic acids is 1. The van der Waals surface area contributed by atoms with Crippen molar-refractivity contribution in [1.82, 2.24) is 15.1 Å². The van der Waals surface area contributed by atoms with Crippen LogP contribution in [0.2, 0.25) is 0 Å². The van der Waals surface area contributed by atoms with E-state index in [9.17, 15) is 9.59 Å². The van der Waals surface area contributed by atoms with Gasteiger partial charge in [0.15, 0.2) is 0 Å². The smallest absolute Gasteiger partial charge is 0.266 e. The van der Waals surface area contributed by atoms with E-state index in [1.807, 2.05) is 61.5 Å². The molecule has 1 heterocycles. The number of nitrogens with zero attached hydrogens (tertiary/aromatic N) is 2. The summed E-state index contributed by atoms with van der Waals surface area (Å²) in [4.78, 5) is 24.2. The van der Waals surface area contributed by atoms with Gasteiger partial charge in [0.05, 0.1) is 25.3 Å². The van der Waals surface area contributed by atoms with Gasteiger partial charge in [-0.25, -0.2) is 4.68 Å². The van der Waals surface area contributed by atoms with Gasteiger partial charge in [-0.1, -0.05) is 42.5 Å². The molecule has 1 N–H and O–H groups in total. The topological polar surface area (TPSA) is 73.2 Å². The molecule has 28 heavy (non-hydrogen) atoms. The number of amides is 1. The Hall–Kier alpha value is -3.41. The Balaban J connectivity index is 1.54. The lowest BCUT2D eigenvalue weighted by molar-refractivity contribution is -0.120. The van der Waals surface area contributed by atoms with Gasteiger partial charge in [0, 0.05) is 18.2 Å². The summed E-state index contributed by atoms with van der Waals surface area (Å²) in [5.74, 6) is 0.687. The summed E-state index contributed by atoms with van der Waals surface area (Å²) in [5, 5.41) is 7.23. The summed E-state index contributed by atoms with van der Waals surface area (Å²) in [6.45, 7) is 3.19. The normalized spacial score (nSPS) is 10.5. The Morgan fingerprint density at radius 2 is 1.79 bits per heavy atom. The number of hydrogen-bond acceptors (Lipinski definition) is 4. The lowest BCUT2D eigenvalue weighted by Crippen LogP contribution is -2.32. The van der Waals surface area contributed by atoms with E-state index in [0.29, 0.717) is 19.7 Å². The molecule has 0 spiro atoms. The number of aromatic nitrogens is 2. The molecule has 0 aliphatic carbocycles. The molecular weight excluding hydrogens is 354 g/mol. The van der Waals surface area contributed by atoms with Crippen LogP contribution >= 0.6 is 0 Å². The van der Waals surface area contributed by atoms with E-state index < -0.39 is 0 Å². The summed E-state index contributed by atoms with van der Waals surface area (Å²) in [7, 11) is 0. The highest BCUT2D eigenvalue weighted by molar-refractivity contribution is 5.78. The third kappa shape index (κ3) is 5.30. The first-order valence-corrected chi connectivity index (χ1v) is 9.27. The van der Waals surface area contributed by atoms with E-state index in [1.165, 1.54) is 10.7 Å². The molecule has 0 atom stereocenters. The number of benzene rings is 2. The molecule has 0 saturated heterocycles. The fourth-order valence-electron chi connectivity index (χ4n) is 2.79. The second kappa shape index (κ2) is 9.50. The van der Waals surface area contributed by atoms with E-state index in [-0.39, 0.29) is 17.9 Å². The summed E-state index contributed by atoms with van der Waals surface area (Å²) in [6, 6.07) is 20.3. The lowest BCUT2D eigenvalue weighted by atomic mass is 10.1. The van der Waals surface area contributed by atoms with E-state index in [1.54, 1.807) is 6.07 Å². The third-order valence-corrected chi connectivity index (χ3v) is 4.18. The average molecular weight is 377 g/mol. The van der Waals surface area contributed by atoms with Crippen molar-refractivity contribution in [2.45, 2.75) is 19.9 Å². The van der Waals surface area contributed by atoms with E-state index in [2.05, 4.69) is 10.4 Å². The Kier molecular flexibility index (Phi) is 6.57. The van der Waals surface area contributed by atoms with Crippen LogP contribution in [0.25, 0.3) is 11.3 Å². The zero-order valence-electron chi connectivity index (χ0n) is 15.8. The lowest BCUT2D eigenvalue weighted by Gasteiger charge is -2.09. The molecule has 0 aliphatic heterocycles. The number of ether oxygens (including phenoxy) is 1. The van der Waals surface area contributed by atoms with Gasteiger partial charge in [0.2, 0.25) is 5.91 Å². The molecule has 2 aromatic carbocycles. The van der Waals surface area contributed by atoms with Crippen molar-refractivity contribution < 1.29 is 9.53 Å². The maximum atomic E-state index is 12.1. The van der Waals surface area contributed by atoms with Crippen LogP contribution in [0, 0.1) is 0 Å². The van der Waals surface area contributed by atoms with Crippen LogP contribution in [-0.4, -0.2) is 28.8 Å². The van der Waals surface area contributed by atoms with Crippen LogP contribution in [0.4, 0.5) is 0 Å². The van der Waals surface area contributed by atoms with Gasteiger partial charge in [0.25, 0.3) is 5.56 Å². The maximum absolute atomic E-state index is 12.1. The monoisotopic (exact) mass is 377 g/mol. The molecule has 6 heteroatoms. The fourth-order valence-corrected chi connectivity index (χ4v) is 2.79. The molecule has 1 amide bonds. The van der Waals surface area contributed by atoms with Crippen molar-refractivity contribution in [1.29, 1.82) is 0 Å². The van der Waals surface area contributed by atoms with Crippen molar-refractivity contribution in [2.75, 3.05) is 13.2 Å². The Morgan fingerprint density at radius 3 is 2.50 bits per heavy atom. The van der Waals surface area contributed by atoms with E-state index in [4.69, 9.17) is 4.74 Å².